The predicted molar refractivity (Wildman–Crippen MR) is 108 cm³/mol. The Balaban J connectivity index is 0.00000288. The lowest BCUT2D eigenvalue weighted by molar-refractivity contribution is 0.0200. The first-order chi connectivity index (χ1) is 11.1. The van der Waals surface area contributed by atoms with E-state index < -0.39 is 10.0 Å². The molecule has 0 aromatic carbocycles. The van der Waals surface area contributed by atoms with Crippen LogP contribution >= 0.6 is 24.0 Å². The van der Waals surface area contributed by atoms with Gasteiger partial charge in [-0.25, -0.2) is 13.1 Å². The van der Waals surface area contributed by atoms with Gasteiger partial charge in [0.25, 0.3) is 0 Å². The number of hydrogen-bond acceptors (Lipinski definition) is 4. The number of hydrogen-bond donors (Lipinski definition) is 3. The summed E-state index contributed by atoms with van der Waals surface area (Å²) in [5, 5.41) is 6.42. The molecular formula is C15H31IN4O3S. The number of guanidine groups is 1. The van der Waals surface area contributed by atoms with Gasteiger partial charge in [-0.15, -0.1) is 24.0 Å². The van der Waals surface area contributed by atoms with Gasteiger partial charge in [0.15, 0.2) is 5.96 Å². The minimum absolute atomic E-state index is 0. The Bertz CT molecular complexity index is 475. The zero-order valence-corrected chi connectivity index (χ0v) is 17.6. The van der Waals surface area contributed by atoms with Crippen molar-refractivity contribution >= 4 is 40.0 Å². The Morgan fingerprint density at radius 1 is 1.17 bits per heavy atom. The van der Waals surface area contributed by atoms with Gasteiger partial charge >= 0.3 is 0 Å². The quantitative estimate of drug-likeness (QED) is 0.293. The number of halogens is 1. The fraction of sp³-hybridized carbons (Fsp3) is 0.933. The van der Waals surface area contributed by atoms with Crippen LogP contribution in [-0.2, 0) is 14.8 Å². The summed E-state index contributed by atoms with van der Waals surface area (Å²) < 4.78 is 32.2. The molecule has 7 nitrogen and oxygen atoms in total. The molecule has 1 saturated carbocycles. The highest BCUT2D eigenvalue weighted by Crippen LogP contribution is 2.17. The van der Waals surface area contributed by atoms with E-state index in [1.54, 1.807) is 7.05 Å². The van der Waals surface area contributed by atoms with Crippen LogP contribution in [0.25, 0.3) is 0 Å². The molecule has 1 unspecified atom stereocenters. The van der Waals surface area contributed by atoms with Crippen LogP contribution in [0.15, 0.2) is 4.99 Å². The van der Waals surface area contributed by atoms with Gasteiger partial charge in [0.2, 0.25) is 10.0 Å². The number of nitrogens with zero attached hydrogens (tertiary/aromatic N) is 1. The Morgan fingerprint density at radius 2 is 1.88 bits per heavy atom. The molecule has 0 spiro atoms. The molecule has 24 heavy (non-hydrogen) atoms. The summed E-state index contributed by atoms with van der Waals surface area (Å²) in [7, 11) is -1.58. The average molecular weight is 474 g/mol. The zero-order valence-electron chi connectivity index (χ0n) is 14.4. The van der Waals surface area contributed by atoms with E-state index in [0.717, 1.165) is 38.7 Å². The molecule has 2 rings (SSSR count). The first kappa shape index (κ1) is 21.9. The SMILES string of the molecule is CN=C(NCCS(=O)(=O)NCC1CCCCO1)NC1CCCC1.I. The van der Waals surface area contributed by atoms with Crippen molar-refractivity contribution in [2.24, 2.45) is 4.99 Å². The highest BCUT2D eigenvalue weighted by Gasteiger charge is 2.18. The van der Waals surface area contributed by atoms with Gasteiger partial charge in [-0.3, -0.25) is 4.99 Å². The van der Waals surface area contributed by atoms with Crippen LogP contribution in [0.5, 0.6) is 0 Å². The molecular weight excluding hydrogens is 443 g/mol. The largest absolute Gasteiger partial charge is 0.377 e. The topological polar surface area (TPSA) is 91.8 Å². The van der Waals surface area contributed by atoms with Crippen molar-refractivity contribution in [2.45, 2.75) is 57.1 Å². The summed E-state index contributed by atoms with van der Waals surface area (Å²) in [4.78, 5) is 4.15. The van der Waals surface area contributed by atoms with E-state index >= 15 is 0 Å². The second-order valence-electron chi connectivity index (χ2n) is 6.28. The summed E-state index contributed by atoms with van der Waals surface area (Å²) >= 11 is 0. The number of nitrogens with one attached hydrogen (secondary N) is 3. The number of ether oxygens (including phenoxy) is 1. The van der Waals surface area contributed by atoms with Crippen LogP contribution in [0.2, 0.25) is 0 Å². The molecule has 9 heteroatoms. The molecule has 1 atom stereocenters. The number of rotatable bonds is 7. The van der Waals surface area contributed by atoms with Crippen molar-refractivity contribution in [1.29, 1.82) is 0 Å². The zero-order chi connectivity index (χ0) is 16.5. The van der Waals surface area contributed by atoms with Crippen LogP contribution in [0, 0.1) is 0 Å². The van der Waals surface area contributed by atoms with Gasteiger partial charge in [0.1, 0.15) is 0 Å². The smallest absolute Gasteiger partial charge is 0.213 e. The Hall–Kier alpha value is -0.130. The molecule has 0 bridgehead atoms. The molecule has 2 aliphatic rings. The van der Waals surface area contributed by atoms with Crippen molar-refractivity contribution in [2.75, 3.05) is 32.5 Å². The molecule has 2 fully saturated rings. The molecule has 0 aromatic rings. The second-order valence-corrected chi connectivity index (χ2v) is 8.21. The van der Waals surface area contributed by atoms with Gasteiger partial charge in [-0.05, 0) is 32.1 Å². The van der Waals surface area contributed by atoms with Gasteiger partial charge in [-0.2, -0.15) is 0 Å². The molecule has 0 radical (unpaired) electrons. The first-order valence-electron chi connectivity index (χ1n) is 8.65. The normalized spacial score (nSPS) is 22.9. The maximum atomic E-state index is 12.0. The van der Waals surface area contributed by atoms with E-state index in [-0.39, 0.29) is 35.8 Å². The van der Waals surface area contributed by atoms with E-state index in [4.69, 9.17) is 4.74 Å². The minimum atomic E-state index is -3.29. The Kier molecular flexibility index (Phi) is 10.5. The van der Waals surface area contributed by atoms with Gasteiger partial charge in [0, 0.05) is 32.8 Å². The third-order valence-electron chi connectivity index (χ3n) is 4.39. The molecule has 0 aromatic heterocycles. The highest BCUT2D eigenvalue weighted by atomic mass is 127. The fourth-order valence-corrected chi connectivity index (χ4v) is 3.98. The summed E-state index contributed by atoms with van der Waals surface area (Å²) in [6.07, 6.45) is 7.93. The van der Waals surface area contributed by atoms with Crippen molar-refractivity contribution in [3.63, 3.8) is 0 Å². The molecule has 1 saturated heterocycles. The standard InChI is InChI=1S/C15H30N4O3S.HI/c1-16-15(19-13-6-2-3-7-13)17-9-11-23(20,21)18-12-14-8-4-5-10-22-14;/h13-14,18H,2-12H2,1H3,(H2,16,17,19);1H. The summed E-state index contributed by atoms with van der Waals surface area (Å²) in [6.45, 7) is 1.45. The lowest BCUT2D eigenvalue weighted by Gasteiger charge is -2.22. The lowest BCUT2D eigenvalue weighted by Crippen LogP contribution is -2.45. The first-order valence-corrected chi connectivity index (χ1v) is 10.3. The van der Waals surface area contributed by atoms with Crippen LogP contribution in [0.4, 0.5) is 0 Å². The Morgan fingerprint density at radius 3 is 2.50 bits per heavy atom. The number of sulfonamides is 1. The van der Waals surface area contributed by atoms with Crippen LogP contribution in [0.3, 0.4) is 0 Å². The van der Waals surface area contributed by atoms with E-state index in [9.17, 15) is 8.42 Å². The van der Waals surface area contributed by atoms with E-state index in [1.807, 2.05) is 0 Å². The van der Waals surface area contributed by atoms with Crippen molar-refractivity contribution in [3.05, 3.63) is 0 Å². The summed E-state index contributed by atoms with van der Waals surface area (Å²) in [5.74, 6) is 0.716. The predicted octanol–water partition coefficient (Wildman–Crippen LogP) is 1.20. The summed E-state index contributed by atoms with van der Waals surface area (Å²) in [5.41, 5.74) is 0. The molecule has 1 aliphatic carbocycles. The molecule has 1 heterocycles. The van der Waals surface area contributed by atoms with Crippen molar-refractivity contribution in [3.8, 4) is 0 Å². The minimum Gasteiger partial charge on any atom is -0.377 e. The molecule has 142 valence electrons. The van der Waals surface area contributed by atoms with Gasteiger partial charge < -0.3 is 15.4 Å². The van der Waals surface area contributed by atoms with E-state index in [2.05, 4.69) is 20.3 Å². The number of aliphatic imine (C=N–C) groups is 1. The highest BCUT2D eigenvalue weighted by molar-refractivity contribution is 14.0. The van der Waals surface area contributed by atoms with Crippen molar-refractivity contribution < 1.29 is 13.2 Å². The summed E-state index contributed by atoms with van der Waals surface area (Å²) in [6, 6.07) is 0.458. The Labute approximate surface area is 162 Å². The fourth-order valence-electron chi connectivity index (χ4n) is 3.02. The molecule has 3 N–H and O–H groups in total. The maximum Gasteiger partial charge on any atom is 0.213 e. The lowest BCUT2D eigenvalue weighted by atomic mass is 10.1. The third kappa shape index (κ3) is 8.30. The van der Waals surface area contributed by atoms with Crippen LogP contribution < -0.4 is 15.4 Å². The molecule has 0 amide bonds. The van der Waals surface area contributed by atoms with Gasteiger partial charge in [0.05, 0.1) is 11.9 Å². The van der Waals surface area contributed by atoms with E-state index in [0.29, 0.717) is 25.1 Å². The second kappa shape index (κ2) is 11.5. The maximum absolute atomic E-state index is 12.0. The average Bonchev–Trinajstić information content (AvgIpc) is 3.06. The monoisotopic (exact) mass is 474 g/mol. The van der Waals surface area contributed by atoms with Crippen LogP contribution in [-0.4, -0.2) is 59.0 Å². The van der Waals surface area contributed by atoms with Crippen LogP contribution in [0.1, 0.15) is 44.9 Å². The third-order valence-corrected chi connectivity index (χ3v) is 5.74. The van der Waals surface area contributed by atoms with Gasteiger partial charge in [-0.1, -0.05) is 12.8 Å². The molecule has 1 aliphatic heterocycles. The van der Waals surface area contributed by atoms with Crippen molar-refractivity contribution in [1.82, 2.24) is 15.4 Å². The van der Waals surface area contributed by atoms with E-state index in [1.165, 1.54) is 12.8 Å².